The Kier molecular flexibility index (Phi) is 89.5. The molecular weight excluding hydrogens is 1040 g/mol. The van der Waals surface area contributed by atoms with Crippen LogP contribution in [0.3, 0.4) is 0 Å². The molecule has 0 aliphatic rings. The molecule has 4 N–H and O–H groups in total. The lowest BCUT2D eigenvalue weighted by Gasteiger charge is -2.03. The summed E-state index contributed by atoms with van der Waals surface area (Å²) in [5.74, 6) is -2.61. The highest BCUT2D eigenvalue weighted by atomic mass is 16.4. The number of carboxylic acid groups (broad SMARTS) is 4. The lowest BCUT2D eigenvalue weighted by atomic mass is 10.0. The fourth-order valence-corrected chi connectivity index (χ4v) is 11.3. The lowest BCUT2D eigenvalue weighted by molar-refractivity contribution is -0.138. The molecule has 0 aromatic heterocycles. The number of hydrogen-bond donors (Lipinski definition) is 4. The zero-order valence-corrected chi connectivity index (χ0v) is 57.5. The van der Waals surface area contributed by atoms with E-state index in [1.54, 1.807) is 0 Å². The van der Waals surface area contributed by atoms with Crippen LogP contribution in [0.2, 0.25) is 0 Å². The maximum absolute atomic E-state index is 10.4. The molecule has 0 unspecified atom stereocenters. The summed E-state index contributed by atoms with van der Waals surface area (Å²) in [6.07, 6.45) is 86.7. The zero-order valence-electron chi connectivity index (χ0n) is 57.5. The number of carbonyl (C=O) groups is 4. The van der Waals surface area contributed by atoms with Gasteiger partial charge in [-0.25, -0.2) is 0 Å². The summed E-state index contributed by atoms with van der Waals surface area (Å²) in [4.78, 5) is 41.4. The molecule has 0 rings (SSSR count). The molecule has 0 bridgehead atoms. The average Bonchev–Trinajstić information content (AvgIpc) is 3.47. The average molecular weight is 1190 g/mol. The Morgan fingerprint density at radius 2 is 0.214 bits per heavy atom. The van der Waals surface area contributed by atoms with E-state index in [2.05, 4.69) is 27.7 Å². The number of carboxylic acids is 4. The van der Waals surface area contributed by atoms with E-state index in [4.69, 9.17) is 20.4 Å². The summed E-state index contributed by atoms with van der Waals surface area (Å²) in [7, 11) is 0. The highest BCUT2D eigenvalue weighted by molar-refractivity contribution is 5.67. The first-order chi connectivity index (χ1) is 41.1. The van der Waals surface area contributed by atoms with E-state index in [-0.39, 0.29) is 0 Å². The minimum atomic E-state index is -0.653. The Morgan fingerprint density at radius 3 is 0.286 bits per heavy atom. The van der Waals surface area contributed by atoms with Gasteiger partial charge in [0.15, 0.2) is 0 Å². The molecule has 0 radical (unpaired) electrons. The van der Waals surface area contributed by atoms with Crippen LogP contribution in [0.4, 0.5) is 0 Å². The van der Waals surface area contributed by atoms with Gasteiger partial charge in [0.2, 0.25) is 0 Å². The quantitative estimate of drug-likeness (QED) is 0.0440. The Balaban J connectivity index is -0.000000508. The summed E-state index contributed by atoms with van der Waals surface area (Å²) in [5.41, 5.74) is 0. The third-order valence-electron chi connectivity index (χ3n) is 17.0. The Hall–Kier alpha value is -2.12. The van der Waals surface area contributed by atoms with Crippen molar-refractivity contribution in [2.24, 2.45) is 0 Å². The van der Waals surface area contributed by atoms with E-state index in [0.29, 0.717) is 25.7 Å². The van der Waals surface area contributed by atoms with Gasteiger partial charge in [0, 0.05) is 25.7 Å². The normalized spacial score (nSPS) is 10.9. The van der Waals surface area contributed by atoms with Gasteiger partial charge in [-0.05, 0) is 25.7 Å². The fourth-order valence-electron chi connectivity index (χ4n) is 11.3. The minimum absolute atomic E-state index is 0.345. The molecule has 0 aliphatic heterocycles. The van der Waals surface area contributed by atoms with Crippen molar-refractivity contribution in [3.63, 3.8) is 0 Å². The fraction of sp³-hybridized carbons (Fsp3) is 0.947. The molecule has 0 saturated carbocycles. The molecule has 0 aromatic carbocycles. The van der Waals surface area contributed by atoms with Crippen molar-refractivity contribution in [1.82, 2.24) is 0 Å². The first kappa shape index (κ1) is 88.3. The standard InChI is InChI=1S/2C20H40O2.2C18H36O2/c2*1-2-3-4-5-6-7-8-9-10-11-12-13-14-15-16-17-18-19-20(21)22;2*1-2-3-4-5-6-7-8-9-10-11-12-13-14-15-16-17-18(19)20/h2*2-19H2,1H3,(H,21,22);2*2-17H2,1H3,(H,19,20). The summed E-state index contributed by atoms with van der Waals surface area (Å²) >= 11 is 0. The van der Waals surface area contributed by atoms with Crippen molar-refractivity contribution in [3.05, 3.63) is 0 Å². The number of rotatable bonds is 68. The second-order valence-electron chi connectivity index (χ2n) is 25.8. The van der Waals surface area contributed by atoms with Gasteiger partial charge in [0.1, 0.15) is 0 Å². The molecule has 0 amide bonds. The van der Waals surface area contributed by atoms with Crippen LogP contribution in [0.15, 0.2) is 0 Å². The largest absolute Gasteiger partial charge is 0.481 e. The number of aliphatic carboxylic acids is 4. The van der Waals surface area contributed by atoms with Gasteiger partial charge in [-0.1, -0.05) is 413 Å². The highest BCUT2D eigenvalue weighted by Crippen LogP contribution is 2.19. The second kappa shape index (κ2) is 85.1. The van der Waals surface area contributed by atoms with E-state index < -0.39 is 23.9 Å². The third kappa shape index (κ3) is 102. The first-order valence-corrected chi connectivity index (χ1v) is 38.0. The summed E-state index contributed by atoms with van der Waals surface area (Å²) in [5, 5.41) is 34.1. The minimum Gasteiger partial charge on any atom is -0.481 e. The van der Waals surface area contributed by atoms with Gasteiger partial charge in [0.05, 0.1) is 0 Å². The molecule has 0 spiro atoms. The predicted molar refractivity (Wildman–Crippen MR) is 367 cm³/mol. The van der Waals surface area contributed by atoms with Gasteiger partial charge in [0.25, 0.3) is 0 Å². The van der Waals surface area contributed by atoms with E-state index in [1.165, 1.54) is 360 Å². The Bertz CT molecular complexity index is 1130. The van der Waals surface area contributed by atoms with Crippen molar-refractivity contribution in [2.45, 2.75) is 464 Å². The smallest absolute Gasteiger partial charge is 0.303 e. The second-order valence-corrected chi connectivity index (χ2v) is 25.8. The van der Waals surface area contributed by atoms with Crippen LogP contribution in [0.5, 0.6) is 0 Å². The van der Waals surface area contributed by atoms with Crippen molar-refractivity contribution in [2.75, 3.05) is 0 Å². The third-order valence-corrected chi connectivity index (χ3v) is 17.0. The Labute approximate surface area is 525 Å². The molecule has 0 atom stereocenters. The lowest BCUT2D eigenvalue weighted by Crippen LogP contribution is -1.93. The van der Waals surface area contributed by atoms with Gasteiger partial charge < -0.3 is 20.4 Å². The molecule has 0 aliphatic carbocycles. The molecule has 84 heavy (non-hydrogen) atoms. The van der Waals surface area contributed by atoms with Gasteiger partial charge in [-0.3, -0.25) is 19.2 Å². The topological polar surface area (TPSA) is 149 Å². The van der Waals surface area contributed by atoms with E-state index in [0.717, 1.165) is 51.4 Å². The van der Waals surface area contributed by atoms with Gasteiger partial charge in [-0.2, -0.15) is 0 Å². The first-order valence-electron chi connectivity index (χ1n) is 38.0. The summed E-state index contributed by atoms with van der Waals surface area (Å²) < 4.78 is 0. The molecule has 0 heterocycles. The number of unbranched alkanes of at least 4 members (excludes halogenated alkanes) is 60. The van der Waals surface area contributed by atoms with Gasteiger partial charge in [-0.15, -0.1) is 0 Å². The Morgan fingerprint density at radius 1 is 0.143 bits per heavy atom. The van der Waals surface area contributed by atoms with Crippen LogP contribution in [0.1, 0.15) is 464 Å². The molecule has 8 nitrogen and oxygen atoms in total. The number of hydrogen-bond acceptors (Lipinski definition) is 4. The summed E-state index contributed by atoms with van der Waals surface area (Å²) in [6.45, 7) is 9.09. The van der Waals surface area contributed by atoms with Crippen LogP contribution in [0, 0.1) is 0 Å². The van der Waals surface area contributed by atoms with Crippen LogP contribution in [0.25, 0.3) is 0 Å². The molecular formula is C76H152O8. The monoisotopic (exact) mass is 1190 g/mol. The van der Waals surface area contributed by atoms with Crippen LogP contribution < -0.4 is 0 Å². The van der Waals surface area contributed by atoms with E-state index in [1.807, 2.05) is 0 Å². The molecule has 0 saturated heterocycles. The van der Waals surface area contributed by atoms with Crippen LogP contribution in [-0.2, 0) is 19.2 Å². The molecule has 0 aromatic rings. The van der Waals surface area contributed by atoms with Gasteiger partial charge >= 0.3 is 23.9 Å². The van der Waals surface area contributed by atoms with Crippen molar-refractivity contribution < 1.29 is 39.6 Å². The predicted octanol–water partition coefficient (Wildman–Crippen LogP) is 26.9. The molecule has 504 valence electrons. The van der Waals surface area contributed by atoms with Crippen molar-refractivity contribution in [1.29, 1.82) is 0 Å². The molecule has 8 heteroatoms. The van der Waals surface area contributed by atoms with E-state index in [9.17, 15) is 19.2 Å². The molecule has 0 fully saturated rings. The highest BCUT2D eigenvalue weighted by Gasteiger charge is 2.02. The van der Waals surface area contributed by atoms with Crippen LogP contribution in [-0.4, -0.2) is 44.3 Å². The maximum Gasteiger partial charge on any atom is 0.303 e. The van der Waals surface area contributed by atoms with Crippen molar-refractivity contribution in [3.8, 4) is 0 Å². The summed E-state index contributed by atoms with van der Waals surface area (Å²) in [6, 6.07) is 0. The van der Waals surface area contributed by atoms with E-state index >= 15 is 0 Å². The zero-order chi connectivity index (χ0) is 62.4. The van der Waals surface area contributed by atoms with Crippen molar-refractivity contribution >= 4 is 23.9 Å². The van der Waals surface area contributed by atoms with Crippen LogP contribution >= 0.6 is 0 Å². The maximum atomic E-state index is 10.4. The SMILES string of the molecule is CCCCCCCCCCCCCCCCCC(=O)O.CCCCCCCCCCCCCCCCCC(=O)O.CCCCCCCCCCCCCCCCCCCC(=O)O.CCCCCCCCCCCCCCCCCCCC(=O)O.